The number of aromatic nitrogens is 1. The molecule has 2 heterocycles. The second-order valence-electron chi connectivity index (χ2n) is 5.12. The molecule has 0 aromatic carbocycles. The monoisotopic (exact) mass is 330 g/mol. The van der Waals surface area contributed by atoms with E-state index in [1.54, 1.807) is 0 Å². The van der Waals surface area contributed by atoms with Gasteiger partial charge in [-0.05, 0) is 30.9 Å². The summed E-state index contributed by atoms with van der Waals surface area (Å²) in [4.78, 5) is 29.2. The number of rotatable bonds is 3. The predicted octanol–water partition coefficient (Wildman–Crippen LogP) is 3.10. The largest absolute Gasteiger partial charge is 0.480 e. The lowest BCUT2D eigenvalue weighted by molar-refractivity contribution is -0.144. The van der Waals surface area contributed by atoms with Gasteiger partial charge in [-0.3, -0.25) is 4.79 Å². The summed E-state index contributed by atoms with van der Waals surface area (Å²) in [6.07, 6.45) is 2.14. The number of halogens is 2. The molecule has 0 radical (unpaired) electrons. The van der Waals surface area contributed by atoms with Gasteiger partial charge in [0.25, 0.3) is 5.91 Å². The molecular weight excluding hydrogens is 315 g/mol. The van der Waals surface area contributed by atoms with Crippen molar-refractivity contribution in [3.8, 4) is 0 Å². The number of carboxylic acid groups (broad SMARTS) is 1. The lowest BCUT2D eigenvalue weighted by Gasteiger charge is -2.36. The molecule has 1 aromatic heterocycles. The minimum absolute atomic E-state index is 0.00497. The summed E-state index contributed by atoms with van der Waals surface area (Å²) in [5.41, 5.74) is 0.00497. The van der Waals surface area contributed by atoms with Gasteiger partial charge in [-0.2, -0.15) is 0 Å². The van der Waals surface area contributed by atoms with Gasteiger partial charge in [0.2, 0.25) is 0 Å². The van der Waals surface area contributed by atoms with Gasteiger partial charge in [-0.1, -0.05) is 36.5 Å². The molecule has 1 N–H and O–H groups in total. The van der Waals surface area contributed by atoms with Gasteiger partial charge >= 0.3 is 5.97 Å². The van der Waals surface area contributed by atoms with Crippen LogP contribution in [-0.4, -0.2) is 39.5 Å². The van der Waals surface area contributed by atoms with Crippen molar-refractivity contribution < 1.29 is 14.7 Å². The highest BCUT2D eigenvalue weighted by Crippen LogP contribution is 2.28. The highest BCUT2D eigenvalue weighted by Gasteiger charge is 2.37. The van der Waals surface area contributed by atoms with Crippen LogP contribution in [0.5, 0.6) is 0 Å². The van der Waals surface area contributed by atoms with Crippen molar-refractivity contribution >= 4 is 35.1 Å². The van der Waals surface area contributed by atoms with Crippen molar-refractivity contribution in [3.63, 3.8) is 0 Å². The summed E-state index contributed by atoms with van der Waals surface area (Å²) in [5.74, 6) is -1.16. The Morgan fingerprint density at radius 1 is 1.43 bits per heavy atom. The van der Waals surface area contributed by atoms with Crippen molar-refractivity contribution in [2.24, 2.45) is 5.92 Å². The molecule has 0 spiro atoms. The van der Waals surface area contributed by atoms with Crippen LogP contribution in [0.1, 0.15) is 36.7 Å². The van der Waals surface area contributed by atoms with Gasteiger partial charge in [0.05, 0.1) is 5.02 Å². The Labute approximate surface area is 132 Å². The first-order chi connectivity index (χ1) is 9.93. The second kappa shape index (κ2) is 6.62. The number of pyridine rings is 1. The number of nitrogens with zero attached hydrogens (tertiary/aromatic N) is 2. The second-order valence-corrected chi connectivity index (χ2v) is 5.91. The van der Waals surface area contributed by atoms with Crippen molar-refractivity contribution in [1.29, 1.82) is 0 Å². The van der Waals surface area contributed by atoms with Crippen LogP contribution >= 0.6 is 23.2 Å². The van der Waals surface area contributed by atoms with Crippen LogP contribution in [0, 0.1) is 5.92 Å². The van der Waals surface area contributed by atoms with E-state index in [4.69, 9.17) is 23.2 Å². The lowest BCUT2D eigenvalue weighted by Crippen LogP contribution is -2.50. The maximum atomic E-state index is 12.5. The highest BCUT2D eigenvalue weighted by molar-refractivity contribution is 6.34. The fourth-order valence-electron chi connectivity index (χ4n) is 2.59. The normalized spacial score (nSPS) is 22.1. The lowest BCUT2D eigenvalue weighted by atomic mass is 9.88. The first kappa shape index (κ1) is 16.0. The Morgan fingerprint density at radius 3 is 2.76 bits per heavy atom. The third-order valence-corrected chi connectivity index (χ3v) is 4.36. The molecule has 21 heavy (non-hydrogen) atoms. The fourth-order valence-corrected chi connectivity index (χ4v) is 2.92. The summed E-state index contributed by atoms with van der Waals surface area (Å²) < 4.78 is 0. The zero-order valence-corrected chi connectivity index (χ0v) is 13.1. The van der Waals surface area contributed by atoms with Crippen LogP contribution in [0.4, 0.5) is 0 Å². The number of carboxylic acids is 1. The third-order valence-electron chi connectivity index (χ3n) is 3.85. The average Bonchev–Trinajstić information content (AvgIpc) is 2.48. The number of carbonyl (C=O) groups excluding carboxylic acids is 1. The number of likely N-dealkylation sites (tertiary alicyclic amines) is 1. The number of carbonyl (C=O) groups is 2. The Balaban J connectivity index is 2.28. The molecule has 1 aromatic rings. The molecule has 0 aliphatic carbocycles. The molecule has 2 unspecified atom stereocenters. The minimum Gasteiger partial charge on any atom is -0.480 e. The van der Waals surface area contributed by atoms with Crippen LogP contribution in [0.15, 0.2) is 12.1 Å². The Kier molecular flexibility index (Phi) is 5.06. The van der Waals surface area contributed by atoms with Crippen molar-refractivity contribution in [3.05, 3.63) is 28.0 Å². The zero-order valence-electron chi connectivity index (χ0n) is 11.6. The molecule has 2 atom stereocenters. The average molecular weight is 331 g/mol. The van der Waals surface area contributed by atoms with E-state index < -0.39 is 17.9 Å². The van der Waals surface area contributed by atoms with Crippen LogP contribution in [0.3, 0.4) is 0 Å². The molecule has 114 valence electrons. The summed E-state index contributed by atoms with van der Waals surface area (Å²) in [5, 5.41) is 9.69. The Hall–Kier alpha value is -1.33. The van der Waals surface area contributed by atoms with Crippen molar-refractivity contribution in [2.45, 2.75) is 32.2 Å². The smallest absolute Gasteiger partial charge is 0.326 e. The minimum atomic E-state index is -1.00. The summed E-state index contributed by atoms with van der Waals surface area (Å²) in [7, 11) is 0. The van der Waals surface area contributed by atoms with Gasteiger partial charge in [0.15, 0.2) is 0 Å². The zero-order chi connectivity index (χ0) is 15.6. The van der Waals surface area contributed by atoms with Crippen molar-refractivity contribution in [1.82, 2.24) is 9.88 Å². The quantitative estimate of drug-likeness (QED) is 0.864. The molecular formula is C14H16Cl2N2O3. The van der Waals surface area contributed by atoms with Gasteiger partial charge in [0.1, 0.15) is 16.9 Å². The van der Waals surface area contributed by atoms with Crippen LogP contribution < -0.4 is 0 Å². The van der Waals surface area contributed by atoms with E-state index in [1.807, 2.05) is 6.92 Å². The fraction of sp³-hybridized carbons (Fsp3) is 0.500. The number of hydrogen-bond donors (Lipinski definition) is 1. The van der Waals surface area contributed by atoms with E-state index in [-0.39, 0.29) is 15.9 Å². The molecule has 1 aliphatic heterocycles. The molecule has 1 aliphatic rings. The van der Waals surface area contributed by atoms with E-state index in [0.717, 1.165) is 12.8 Å². The van der Waals surface area contributed by atoms with Gasteiger partial charge in [0, 0.05) is 6.54 Å². The van der Waals surface area contributed by atoms with E-state index >= 15 is 0 Å². The van der Waals surface area contributed by atoms with Crippen molar-refractivity contribution in [2.75, 3.05) is 6.54 Å². The molecule has 0 saturated carbocycles. The highest BCUT2D eigenvalue weighted by atomic mass is 35.5. The first-order valence-electron chi connectivity index (χ1n) is 6.79. The van der Waals surface area contributed by atoms with Crippen LogP contribution in [0.2, 0.25) is 10.2 Å². The molecule has 2 rings (SSSR count). The summed E-state index contributed by atoms with van der Waals surface area (Å²) >= 11 is 11.8. The van der Waals surface area contributed by atoms with Gasteiger partial charge < -0.3 is 10.0 Å². The molecule has 1 fully saturated rings. The van der Waals surface area contributed by atoms with Crippen LogP contribution in [-0.2, 0) is 4.79 Å². The molecule has 1 saturated heterocycles. The molecule has 1 amide bonds. The summed E-state index contributed by atoms with van der Waals surface area (Å²) in [6.45, 7) is 2.41. The predicted molar refractivity (Wildman–Crippen MR) is 79.7 cm³/mol. The Morgan fingerprint density at radius 2 is 2.14 bits per heavy atom. The Bertz CT molecular complexity index is 565. The standard InChI is InChI=1S/C14H16Cl2N2O3/c1-2-8-5-6-18(10(7-8)14(20)21)13(19)12-9(15)3-4-11(16)17-12/h3-4,8,10H,2,5-7H2,1H3,(H,20,21). The van der Waals surface area contributed by atoms with E-state index in [9.17, 15) is 14.7 Å². The molecule has 7 heteroatoms. The molecule has 0 bridgehead atoms. The maximum Gasteiger partial charge on any atom is 0.326 e. The maximum absolute atomic E-state index is 12.5. The van der Waals surface area contributed by atoms with Gasteiger partial charge in [-0.15, -0.1) is 0 Å². The SMILES string of the molecule is CCC1CCN(C(=O)c2nc(Cl)ccc2Cl)C(C(=O)O)C1. The number of amides is 1. The third kappa shape index (κ3) is 3.47. The number of hydrogen-bond acceptors (Lipinski definition) is 3. The van der Waals surface area contributed by atoms with E-state index in [2.05, 4.69) is 4.98 Å². The molecule has 5 nitrogen and oxygen atoms in total. The number of aliphatic carboxylic acids is 1. The number of piperidine rings is 1. The summed E-state index contributed by atoms with van der Waals surface area (Å²) in [6, 6.07) is 2.13. The topological polar surface area (TPSA) is 70.5 Å². The van der Waals surface area contributed by atoms with Gasteiger partial charge in [-0.25, -0.2) is 9.78 Å². The van der Waals surface area contributed by atoms with E-state index in [1.165, 1.54) is 17.0 Å². The van der Waals surface area contributed by atoms with Crippen LogP contribution in [0.25, 0.3) is 0 Å². The van der Waals surface area contributed by atoms with E-state index in [0.29, 0.717) is 18.9 Å². The first-order valence-corrected chi connectivity index (χ1v) is 7.55.